The van der Waals surface area contributed by atoms with E-state index in [1.807, 2.05) is 48.5 Å². The summed E-state index contributed by atoms with van der Waals surface area (Å²) in [4.78, 5) is 4.45. The van der Waals surface area contributed by atoms with Crippen LogP contribution in [0.5, 0.6) is 5.75 Å². The lowest BCUT2D eigenvalue weighted by atomic mass is 10.2. The summed E-state index contributed by atoms with van der Waals surface area (Å²) < 4.78 is 11.3. The number of nitrogens with two attached hydrogens (primary N) is 1. The van der Waals surface area contributed by atoms with E-state index in [2.05, 4.69) is 10.1 Å². The fraction of sp³-hybridized carbons (Fsp3) is 0.263. The Labute approximate surface area is 140 Å². The van der Waals surface area contributed by atoms with Gasteiger partial charge in [0.1, 0.15) is 5.75 Å². The van der Waals surface area contributed by atoms with E-state index in [-0.39, 0.29) is 0 Å². The van der Waals surface area contributed by atoms with Gasteiger partial charge in [-0.25, -0.2) is 0 Å². The summed E-state index contributed by atoms with van der Waals surface area (Å²) in [5.41, 5.74) is 8.15. The lowest BCUT2D eigenvalue weighted by Crippen LogP contribution is -2.10. The first-order valence-corrected chi connectivity index (χ1v) is 8.25. The molecule has 5 heteroatoms. The molecule has 0 bridgehead atoms. The first kappa shape index (κ1) is 14.8. The molecule has 4 rings (SSSR count). The van der Waals surface area contributed by atoms with Crippen molar-refractivity contribution in [3.63, 3.8) is 0 Å². The SMILES string of the molecule is Nc1ccc(-c2nc(-c3ccc(OC4CCCC4)cc3)no2)cc1. The first-order chi connectivity index (χ1) is 11.8. The van der Waals surface area contributed by atoms with Crippen LogP contribution < -0.4 is 10.5 Å². The highest BCUT2D eigenvalue weighted by atomic mass is 16.5. The Balaban J connectivity index is 1.50. The van der Waals surface area contributed by atoms with E-state index in [1.54, 1.807) is 0 Å². The largest absolute Gasteiger partial charge is 0.490 e. The van der Waals surface area contributed by atoms with E-state index in [9.17, 15) is 0 Å². The Morgan fingerprint density at radius 1 is 0.917 bits per heavy atom. The normalized spacial score (nSPS) is 14.8. The third-order valence-corrected chi connectivity index (χ3v) is 4.30. The molecule has 1 heterocycles. The predicted octanol–water partition coefficient (Wildman–Crippen LogP) is 4.31. The molecule has 3 aromatic rings. The highest BCUT2D eigenvalue weighted by Crippen LogP contribution is 2.27. The molecule has 0 saturated heterocycles. The van der Waals surface area contributed by atoms with Crippen LogP contribution in [-0.4, -0.2) is 16.2 Å². The molecule has 1 saturated carbocycles. The lowest BCUT2D eigenvalue weighted by Gasteiger charge is -2.12. The zero-order valence-electron chi connectivity index (χ0n) is 13.3. The molecule has 0 unspecified atom stereocenters. The first-order valence-electron chi connectivity index (χ1n) is 8.25. The summed E-state index contributed by atoms with van der Waals surface area (Å²) in [7, 11) is 0. The van der Waals surface area contributed by atoms with Gasteiger partial charge in [0, 0.05) is 16.8 Å². The molecule has 24 heavy (non-hydrogen) atoms. The van der Waals surface area contributed by atoms with Crippen molar-refractivity contribution < 1.29 is 9.26 Å². The third kappa shape index (κ3) is 3.11. The summed E-state index contributed by atoms with van der Waals surface area (Å²) in [6.45, 7) is 0. The minimum atomic E-state index is 0.359. The standard InChI is InChI=1S/C19H19N3O2/c20-15-9-5-14(6-10-15)19-21-18(22-24-19)13-7-11-17(12-8-13)23-16-3-1-2-4-16/h5-12,16H,1-4,20H2. The van der Waals surface area contributed by atoms with Crippen molar-refractivity contribution in [2.24, 2.45) is 0 Å². The van der Waals surface area contributed by atoms with Crippen LogP contribution in [-0.2, 0) is 0 Å². The monoisotopic (exact) mass is 321 g/mol. The van der Waals surface area contributed by atoms with Crippen molar-refractivity contribution >= 4 is 5.69 Å². The van der Waals surface area contributed by atoms with E-state index in [0.29, 0.717) is 23.5 Å². The van der Waals surface area contributed by atoms with Gasteiger partial charge in [0.15, 0.2) is 0 Å². The maximum Gasteiger partial charge on any atom is 0.258 e. The molecule has 1 aliphatic carbocycles. The molecule has 1 fully saturated rings. The van der Waals surface area contributed by atoms with Gasteiger partial charge in [-0.3, -0.25) is 0 Å². The van der Waals surface area contributed by atoms with E-state index in [0.717, 1.165) is 29.7 Å². The van der Waals surface area contributed by atoms with Crippen molar-refractivity contribution in [2.75, 3.05) is 5.73 Å². The van der Waals surface area contributed by atoms with Crippen molar-refractivity contribution in [3.05, 3.63) is 48.5 Å². The minimum Gasteiger partial charge on any atom is -0.490 e. The van der Waals surface area contributed by atoms with Gasteiger partial charge >= 0.3 is 0 Å². The highest BCUT2D eigenvalue weighted by Gasteiger charge is 2.16. The van der Waals surface area contributed by atoms with Crippen LogP contribution in [0.25, 0.3) is 22.8 Å². The van der Waals surface area contributed by atoms with Crippen LogP contribution in [0.15, 0.2) is 53.1 Å². The molecule has 1 aliphatic rings. The maximum absolute atomic E-state index is 5.98. The Bertz CT molecular complexity index is 803. The van der Waals surface area contributed by atoms with Gasteiger partial charge in [0.2, 0.25) is 5.82 Å². The number of hydrogen-bond donors (Lipinski definition) is 1. The van der Waals surface area contributed by atoms with Crippen molar-refractivity contribution in [1.82, 2.24) is 10.1 Å². The fourth-order valence-electron chi connectivity index (χ4n) is 2.96. The third-order valence-electron chi connectivity index (χ3n) is 4.30. The van der Waals surface area contributed by atoms with Crippen molar-refractivity contribution in [1.29, 1.82) is 0 Å². The van der Waals surface area contributed by atoms with Crippen molar-refractivity contribution in [2.45, 2.75) is 31.8 Å². The Morgan fingerprint density at radius 3 is 2.29 bits per heavy atom. The molecule has 5 nitrogen and oxygen atoms in total. The highest BCUT2D eigenvalue weighted by molar-refractivity contribution is 5.61. The quantitative estimate of drug-likeness (QED) is 0.725. The van der Waals surface area contributed by atoms with E-state index < -0.39 is 0 Å². The van der Waals surface area contributed by atoms with Gasteiger partial charge in [-0.15, -0.1) is 0 Å². The van der Waals surface area contributed by atoms with Crippen LogP contribution in [0.3, 0.4) is 0 Å². The summed E-state index contributed by atoms with van der Waals surface area (Å²) in [5.74, 6) is 1.94. The average molecular weight is 321 g/mol. The second-order valence-corrected chi connectivity index (χ2v) is 6.09. The molecular formula is C19H19N3O2. The lowest BCUT2D eigenvalue weighted by molar-refractivity contribution is 0.210. The van der Waals surface area contributed by atoms with E-state index in [4.69, 9.17) is 15.0 Å². The summed E-state index contributed by atoms with van der Waals surface area (Å²) in [5, 5.41) is 4.06. The van der Waals surface area contributed by atoms with Gasteiger partial charge < -0.3 is 15.0 Å². The number of hydrogen-bond acceptors (Lipinski definition) is 5. The molecule has 0 amide bonds. The number of rotatable bonds is 4. The number of ether oxygens (including phenoxy) is 1. The van der Waals surface area contributed by atoms with Crippen LogP contribution in [0, 0.1) is 0 Å². The molecule has 0 radical (unpaired) electrons. The number of nitrogen functional groups attached to an aromatic ring is 1. The van der Waals surface area contributed by atoms with Crippen LogP contribution >= 0.6 is 0 Å². The molecule has 2 N–H and O–H groups in total. The van der Waals surface area contributed by atoms with Crippen LogP contribution in [0.2, 0.25) is 0 Å². The zero-order valence-corrected chi connectivity index (χ0v) is 13.3. The Kier molecular flexibility index (Phi) is 3.91. The topological polar surface area (TPSA) is 74.2 Å². The summed E-state index contributed by atoms with van der Waals surface area (Å²) in [6.07, 6.45) is 5.19. The molecule has 122 valence electrons. The predicted molar refractivity (Wildman–Crippen MR) is 92.5 cm³/mol. The molecule has 0 atom stereocenters. The average Bonchev–Trinajstić information content (AvgIpc) is 3.28. The van der Waals surface area contributed by atoms with Gasteiger partial charge in [-0.1, -0.05) is 5.16 Å². The molecule has 0 aliphatic heterocycles. The number of anilines is 1. The Hall–Kier alpha value is -2.82. The molecule has 1 aromatic heterocycles. The maximum atomic E-state index is 5.98. The second kappa shape index (κ2) is 6.35. The molecule has 2 aromatic carbocycles. The summed E-state index contributed by atoms with van der Waals surface area (Å²) >= 11 is 0. The molecule has 0 spiro atoms. The van der Waals surface area contributed by atoms with Gasteiger partial charge in [0.25, 0.3) is 5.89 Å². The van der Waals surface area contributed by atoms with Gasteiger partial charge in [-0.2, -0.15) is 4.98 Å². The van der Waals surface area contributed by atoms with E-state index in [1.165, 1.54) is 12.8 Å². The van der Waals surface area contributed by atoms with Gasteiger partial charge in [0.05, 0.1) is 6.10 Å². The summed E-state index contributed by atoms with van der Waals surface area (Å²) in [6, 6.07) is 15.2. The minimum absolute atomic E-state index is 0.359. The smallest absolute Gasteiger partial charge is 0.258 e. The number of aromatic nitrogens is 2. The number of nitrogens with zero attached hydrogens (tertiary/aromatic N) is 2. The number of benzene rings is 2. The van der Waals surface area contributed by atoms with Crippen LogP contribution in [0.1, 0.15) is 25.7 Å². The fourth-order valence-corrected chi connectivity index (χ4v) is 2.96. The second-order valence-electron chi connectivity index (χ2n) is 6.09. The molecular weight excluding hydrogens is 302 g/mol. The van der Waals surface area contributed by atoms with Crippen molar-refractivity contribution in [3.8, 4) is 28.6 Å². The Morgan fingerprint density at radius 2 is 1.58 bits per heavy atom. The van der Waals surface area contributed by atoms with Gasteiger partial charge in [-0.05, 0) is 74.2 Å². The zero-order chi connectivity index (χ0) is 16.4. The van der Waals surface area contributed by atoms with Crippen LogP contribution in [0.4, 0.5) is 5.69 Å². The van der Waals surface area contributed by atoms with E-state index >= 15 is 0 Å².